The third-order valence-corrected chi connectivity index (χ3v) is 3.00. The van der Waals surface area contributed by atoms with Crippen molar-refractivity contribution in [2.45, 2.75) is 37.5 Å². The molecule has 0 aromatic carbocycles. The predicted molar refractivity (Wildman–Crippen MR) is 64.7 cm³/mol. The summed E-state index contributed by atoms with van der Waals surface area (Å²) in [6, 6.07) is 0. The van der Waals surface area contributed by atoms with Crippen molar-refractivity contribution in [3.05, 3.63) is 12.2 Å². The van der Waals surface area contributed by atoms with Gasteiger partial charge >= 0.3 is 5.97 Å². The highest BCUT2D eigenvalue weighted by Gasteiger charge is 2.43. The number of amides is 2. The molecule has 6 heteroatoms. The minimum Gasteiger partial charge on any atom is -0.480 e. The SMILES string of the molecule is CC(S)(CC(C)(C)N1C(=O)C=CC1=O)C(=O)O. The smallest absolute Gasteiger partial charge is 0.319 e. The maximum Gasteiger partial charge on any atom is 0.319 e. The molecule has 0 aromatic heterocycles. The minimum atomic E-state index is -1.30. The molecule has 5 nitrogen and oxygen atoms in total. The predicted octanol–water partition coefficient (Wildman–Crippen LogP) is 0.853. The van der Waals surface area contributed by atoms with Gasteiger partial charge in [0.1, 0.15) is 4.75 Å². The normalized spacial score (nSPS) is 19.6. The molecule has 1 unspecified atom stereocenters. The molecule has 1 aliphatic heterocycles. The van der Waals surface area contributed by atoms with Crippen molar-refractivity contribution in [3.63, 3.8) is 0 Å². The Morgan fingerprint density at radius 1 is 1.29 bits per heavy atom. The van der Waals surface area contributed by atoms with Crippen molar-refractivity contribution >= 4 is 30.4 Å². The van der Waals surface area contributed by atoms with Crippen molar-refractivity contribution in [2.24, 2.45) is 0 Å². The second-order valence-electron chi connectivity index (χ2n) is 4.91. The van der Waals surface area contributed by atoms with Gasteiger partial charge in [-0.25, -0.2) is 0 Å². The van der Waals surface area contributed by atoms with Gasteiger partial charge in [-0.3, -0.25) is 19.3 Å². The maximum atomic E-state index is 11.5. The quantitative estimate of drug-likeness (QED) is 0.578. The molecule has 1 atom stereocenters. The Morgan fingerprint density at radius 3 is 2.06 bits per heavy atom. The molecule has 0 fully saturated rings. The lowest BCUT2D eigenvalue weighted by Crippen LogP contribution is -2.52. The topological polar surface area (TPSA) is 74.7 Å². The summed E-state index contributed by atoms with van der Waals surface area (Å²) in [7, 11) is 0. The highest BCUT2D eigenvalue weighted by molar-refractivity contribution is 7.82. The molecule has 1 rings (SSSR count). The Bertz CT molecular complexity index is 394. The lowest BCUT2D eigenvalue weighted by Gasteiger charge is -2.37. The van der Waals surface area contributed by atoms with E-state index in [0.717, 1.165) is 4.90 Å². The molecule has 0 spiro atoms. The van der Waals surface area contributed by atoms with Crippen molar-refractivity contribution in [2.75, 3.05) is 0 Å². The van der Waals surface area contributed by atoms with Crippen LogP contribution in [0.1, 0.15) is 27.2 Å². The summed E-state index contributed by atoms with van der Waals surface area (Å²) in [5.41, 5.74) is -0.896. The number of nitrogens with zero attached hydrogens (tertiary/aromatic N) is 1. The molecule has 0 radical (unpaired) electrons. The van der Waals surface area contributed by atoms with Crippen molar-refractivity contribution in [1.82, 2.24) is 4.90 Å². The van der Waals surface area contributed by atoms with Crippen LogP contribution in [0.3, 0.4) is 0 Å². The number of aliphatic carboxylic acids is 1. The molecule has 2 amide bonds. The fourth-order valence-corrected chi connectivity index (χ4v) is 2.38. The summed E-state index contributed by atoms with van der Waals surface area (Å²) in [4.78, 5) is 35.1. The van der Waals surface area contributed by atoms with Crippen LogP contribution in [0.2, 0.25) is 0 Å². The highest BCUT2D eigenvalue weighted by Crippen LogP contribution is 2.32. The summed E-state index contributed by atoms with van der Waals surface area (Å²) < 4.78 is -1.30. The van der Waals surface area contributed by atoms with Gasteiger partial charge in [0.05, 0.1) is 0 Å². The number of imide groups is 1. The lowest BCUT2D eigenvalue weighted by atomic mass is 9.89. The van der Waals surface area contributed by atoms with Crippen LogP contribution in [0, 0.1) is 0 Å². The van der Waals surface area contributed by atoms with Crippen LogP contribution in [0.15, 0.2) is 12.2 Å². The zero-order chi connectivity index (χ0) is 13.4. The molecule has 1 heterocycles. The third-order valence-electron chi connectivity index (χ3n) is 2.65. The standard InChI is InChI=1S/C11H15NO4S/c1-10(2,6-11(3,17)9(15)16)12-7(13)4-5-8(12)14/h4-5,17H,6H2,1-3H3,(H,15,16). The van der Waals surface area contributed by atoms with Crippen LogP contribution in [-0.2, 0) is 14.4 Å². The fraction of sp³-hybridized carbons (Fsp3) is 0.545. The van der Waals surface area contributed by atoms with Crippen molar-refractivity contribution in [3.8, 4) is 0 Å². The first-order valence-corrected chi connectivity index (χ1v) is 5.55. The Morgan fingerprint density at radius 2 is 1.71 bits per heavy atom. The number of hydrogen-bond donors (Lipinski definition) is 2. The van der Waals surface area contributed by atoms with E-state index >= 15 is 0 Å². The van der Waals surface area contributed by atoms with Gasteiger partial charge in [0.15, 0.2) is 0 Å². The number of carbonyl (C=O) groups excluding carboxylic acids is 2. The first-order valence-electron chi connectivity index (χ1n) is 5.10. The number of carbonyl (C=O) groups is 3. The molecule has 0 aliphatic carbocycles. The average molecular weight is 257 g/mol. The number of carboxylic acids is 1. The Labute approximate surface area is 105 Å². The number of thiol groups is 1. The van der Waals surface area contributed by atoms with Gasteiger partial charge in [-0.2, -0.15) is 12.6 Å². The largest absolute Gasteiger partial charge is 0.480 e. The van der Waals surface area contributed by atoms with E-state index in [1.807, 2.05) is 0 Å². The van der Waals surface area contributed by atoms with Crippen molar-refractivity contribution < 1.29 is 19.5 Å². The van der Waals surface area contributed by atoms with Crippen LogP contribution in [0.5, 0.6) is 0 Å². The molecule has 1 aliphatic rings. The van der Waals surface area contributed by atoms with E-state index in [9.17, 15) is 14.4 Å². The van der Waals surface area contributed by atoms with Gasteiger partial charge in [0.2, 0.25) is 0 Å². The molecule has 0 saturated carbocycles. The van der Waals surface area contributed by atoms with E-state index in [2.05, 4.69) is 12.6 Å². The van der Waals surface area contributed by atoms with Gasteiger partial charge in [0.25, 0.3) is 11.8 Å². The molecule has 17 heavy (non-hydrogen) atoms. The van der Waals surface area contributed by atoms with Crippen LogP contribution in [0.4, 0.5) is 0 Å². The molecular formula is C11H15NO4S. The van der Waals surface area contributed by atoms with E-state index < -0.39 is 28.1 Å². The summed E-state index contributed by atoms with van der Waals surface area (Å²) in [6.45, 7) is 4.74. The lowest BCUT2D eigenvalue weighted by molar-refractivity contribution is -0.147. The fourth-order valence-electron chi connectivity index (χ4n) is 1.99. The van der Waals surface area contributed by atoms with Crippen LogP contribution < -0.4 is 0 Å². The maximum absolute atomic E-state index is 11.5. The van der Waals surface area contributed by atoms with Crippen LogP contribution in [0.25, 0.3) is 0 Å². The van der Waals surface area contributed by atoms with Crippen LogP contribution >= 0.6 is 12.6 Å². The van der Waals surface area contributed by atoms with Crippen molar-refractivity contribution in [1.29, 1.82) is 0 Å². The summed E-state index contributed by atoms with van der Waals surface area (Å²) in [5, 5.41) is 9.00. The number of rotatable bonds is 4. The Hall–Kier alpha value is -1.30. The molecule has 0 aromatic rings. The first kappa shape index (κ1) is 13.8. The van der Waals surface area contributed by atoms with E-state index in [-0.39, 0.29) is 6.42 Å². The van der Waals surface area contributed by atoms with E-state index in [4.69, 9.17) is 5.11 Å². The molecular weight excluding hydrogens is 242 g/mol. The van der Waals surface area contributed by atoms with Gasteiger partial charge in [-0.15, -0.1) is 0 Å². The first-order chi connectivity index (χ1) is 7.58. The third kappa shape index (κ3) is 2.69. The second kappa shape index (κ2) is 4.18. The summed E-state index contributed by atoms with van der Waals surface area (Å²) >= 11 is 4.06. The molecule has 94 valence electrons. The summed E-state index contributed by atoms with van der Waals surface area (Å²) in [5.74, 6) is -1.93. The zero-order valence-corrected chi connectivity index (χ0v) is 10.8. The molecule has 0 bridgehead atoms. The van der Waals surface area contributed by atoms with Gasteiger partial charge in [-0.1, -0.05) is 0 Å². The Kier molecular flexibility index (Phi) is 3.38. The number of carboxylic acid groups (broad SMARTS) is 1. The Balaban J connectivity index is 2.93. The highest BCUT2D eigenvalue weighted by atomic mass is 32.1. The van der Waals surface area contributed by atoms with Gasteiger partial charge in [0, 0.05) is 17.7 Å². The molecule has 0 saturated heterocycles. The van der Waals surface area contributed by atoms with Crippen LogP contribution in [-0.4, -0.2) is 38.1 Å². The van der Waals surface area contributed by atoms with E-state index in [0.29, 0.717) is 0 Å². The van der Waals surface area contributed by atoms with Gasteiger partial charge in [-0.05, 0) is 27.2 Å². The average Bonchev–Trinajstić information content (AvgIpc) is 2.44. The monoisotopic (exact) mass is 257 g/mol. The zero-order valence-electron chi connectivity index (χ0n) is 9.93. The van der Waals surface area contributed by atoms with E-state index in [1.54, 1.807) is 13.8 Å². The molecule has 1 N–H and O–H groups in total. The summed E-state index contributed by atoms with van der Waals surface area (Å²) in [6.07, 6.45) is 2.43. The van der Waals surface area contributed by atoms with Gasteiger partial charge < -0.3 is 5.11 Å². The number of hydrogen-bond acceptors (Lipinski definition) is 4. The van der Waals surface area contributed by atoms with E-state index in [1.165, 1.54) is 19.1 Å². The second-order valence-corrected chi connectivity index (χ2v) is 5.90. The minimum absolute atomic E-state index is 0.0671.